The summed E-state index contributed by atoms with van der Waals surface area (Å²) in [4.78, 5) is 10.2. The number of hydrogen-bond acceptors (Lipinski definition) is 3. The second-order valence-corrected chi connectivity index (χ2v) is 7.65. The lowest BCUT2D eigenvalue weighted by atomic mass is 9.93. The summed E-state index contributed by atoms with van der Waals surface area (Å²) in [6.07, 6.45) is 3.90. The fraction of sp³-hybridized carbons (Fsp3) is 0.200. The maximum Gasteiger partial charge on any atom is 0.171 e. The monoisotopic (exact) mass is 388 g/mol. The zero-order valence-corrected chi connectivity index (χ0v) is 15.9. The topological polar surface area (TPSA) is 27.7 Å². The average Bonchev–Trinajstić information content (AvgIpc) is 3.34. The second-order valence-electron chi connectivity index (χ2n) is 7.65. The SMILES string of the molecule is F/C(=C/C1(c2ccc3c(c2)OOC3)CC1)Cc1cccc(Oc2ccccc2)c1. The van der Waals surface area contributed by atoms with Crippen LogP contribution < -0.4 is 9.62 Å². The van der Waals surface area contributed by atoms with Gasteiger partial charge < -0.3 is 9.62 Å². The number of rotatable bonds is 6. The molecule has 0 atom stereocenters. The first-order valence-corrected chi connectivity index (χ1v) is 9.82. The molecule has 3 aromatic rings. The predicted octanol–water partition coefficient (Wildman–Crippen LogP) is 6.43. The number of para-hydroxylation sites is 1. The molecule has 1 aliphatic carbocycles. The highest BCUT2D eigenvalue weighted by molar-refractivity contribution is 5.46. The predicted molar refractivity (Wildman–Crippen MR) is 109 cm³/mol. The van der Waals surface area contributed by atoms with E-state index in [0.29, 0.717) is 12.4 Å². The van der Waals surface area contributed by atoms with E-state index < -0.39 is 0 Å². The van der Waals surface area contributed by atoms with E-state index in [1.54, 1.807) is 6.08 Å². The van der Waals surface area contributed by atoms with Crippen molar-refractivity contribution in [1.29, 1.82) is 0 Å². The molecule has 3 nitrogen and oxygen atoms in total. The van der Waals surface area contributed by atoms with Crippen LogP contribution in [-0.4, -0.2) is 0 Å². The molecule has 0 radical (unpaired) electrons. The minimum absolute atomic E-state index is 0.128. The molecule has 5 rings (SSSR count). The Hall–Kier alpha value is -3.11. The van der Waals surface area contributed by atoms with Gasteiger partial charge in [-0.05, 0) is 60.4 Å². The maximum atomic E-state index is 14.9. The molecule has 0 bridgehead atoms. The van der Waals surface area contributed by atoms with E-state index >= 15 is 0 Å². The van der Waals surface area contributed by atoms with Crippen molar-refractivity contribution in [2.24, 2.45) is 0 Å². The molecule has 0 N–H and O–H groups in total. The van der Waals surface area contributed by atoms with E-state index in [2.05, 4.69) is 6.07 Å². The van der Waals surface area contributed by atoms with Crippen molar-refractivity contribution in [3.63, 3.8) is 0 Å². The largest absolute Gasteiger partial charge is 0.457 e. The van der Waals surface area contributed by atoms with Crippen molar-refractivity contribution in [3.8, 4) is 17.2 Å². The van der Waals surface area contributed by atoms with Crippen LogP contribution >= 0.6 is 0 Å². The third kappa shape index (κ3) is 3.89. The van der Waals surface area contributed by atoms with E-state index in [0.717, 1.165) is 41.0 Å². The van der Waals surface area contributed by atoms with Crippen molar-refractivity contribution in [3.05, 3.63) is 101 Å². The minimum Gasteiger partial charge on any atom is -0.457 e. The van der Waals surface area contributed by atoms with Crippen molar-refractivity contribution in [2.75, 3.05) is 0 Å². The van der Waals surface area contributed by atoms with Crippen LogP contribution in [0.4, 0.5) is 4.39 Å². The number of ether oxygens (including phenoxy) is 1. The number of benzene rings is 3. The molecule has 1 fully saturated rings. The molecule has 4 heteroatoms. The summed E-state index contributed by atoms with van der Waals surface area (Å²) in [6, 6.07) is 23.2. The van der Waals surface area contributed by atoms with Gasteiger partial charge >= 0.3 is 0 Å². The van der Waals surface area contributed by atoms with Gasteiger partial charge in [-0.15, -0.1) is 0 Å². The Morgan fingerprint density at radius 2 is 1.79 bits per heavy atom. The van der Waals surface area contributed by atoms with Gasteiger partial charge in [-0.2, -0.15) is 4.89 Å². The summed E-state index contributed by atoms with van der Waals surface area (Å²) < 4.78 is 20.8. The fourth-order valence-electron chi connectivity index (χ4n) is 3.76. The fourth-order valence-corrected chi connectivity index (χ4v) is 3.76. The van der Waals surface area contributed by atoms with Crippen LogP contribution in [-0.2, 0) is 23.3 Å². The Bertz CT molecular complexity index is 1050. The molecule has 2 aliphatic rings. The van der Waals surface area contributed by atoms with Gasteiger partial charge in [-0.3, -0.25) is 0 Å². The molecule has 0 unspecified atom stereocenters. The Balaban J connectivity index is 1.32. The Morgan fingerprint density at radius 1 is 0.966 bits per heavy atom. The summed E-state index contributed by atoms with van der Waals surface area (Å²) in [7, 11) is 0. The standard InChI is InChI=1S/C25H21FO3/c26-21(13-18-5-4-8-23(14-18)28-22-6-2-1-3-7-22)16-25(11-12-25)20-10-9-19-17-27-29-24(19)15-20/h1-10,14-16H,11-13,17H2/b21-16+. The highest BCUT2D eigenvalue weighted by Gasteiger charge is 2.43. The van der Waals surface area contributed by atoms with E-state index in [4.69, 9.17) is 14.5 Å². The summed E-state index contributed by atoms with van der Waals surface area (Å²) >= 11 is 0. The third-order valence-corrected chi connectivity index (χ3v) is 5.48. The van der Waals surface area contributed by atoms with Gasteiger partial charge in [0.05, 0.1) is 0 Å². The van der Waals surface area contributed by atoms with Crippen molar-refractivity contribution >= 4 is 0 Å². The zero-order chi connectivity index (χ0) is 19.7. The highest BCUT2D eigenvalue weighted by atomic mass is 19.1. The summed E-state index contributed by atoms with van der Waals surface area (Å²) in [5.41, 5.74) is 2.76. The van der Waals surface area contributed by atoms with Crippen LogP contribution in [0.25, 0.3) is 0 Å². The lowest BCUT2D eigenvalue weighted by Crippen LogP contribution is -2.04. The quantitative estimate of drug-likeness (QED) is 0.455. The van der Waals surface area contributed by atoms with Crippen LogP contribution in [0.1, 0.15) is 29.5 Å². The first kappa shape index (κ1) is 18.0. The van der Waals surface area contributed by atoms with Gasteiger partial charge in [0.2, 0.25) is 0 Å². The molecule has 0 amide bonds. The molecule has 0 spiro atoms. The van der Waals surface area contributed by atoms with Crippen molar-refractivity contribution < 1.29 is 18.9 Å². The molecule has 1 aliphatic heterocycles. The second kappa shape index (κ2) is 7.37. The third-order valence-electron chi connectivity index (χ3n) is 5.48. The van der Waals surface area contributed by atoms with Crippen molar-refractivity contribution in [2.45, 2.75) is 31.3 Å². The minimum atomic E-state index is -0.233. The maximum absolute atomic E-state index is 14.9. The van der Waals surface area contributed by atoms with E-state index in [1.165, 1.54) is 0 Å². The lowest BCUT2D eigenvalue weighted by Gasteiger charge is -2.13. The van der Waals surface area contributed by atoms with Gasteiger partial charge in [0.25, 0.3) is 0 Å². The van der Waals surface area contributed by atoms with Gasteiger partial charge in [-0.25, -0.2) is 4.39 Å². The number of fused-ring (bicyclic) bond motifs is 1. The van der Waals surface area contributed by atoms with Gasteiger partial charge in [0, 0.05) is 17.4 Å². The normalized spacial score (nSPS) is 16.8. The molecule has 0 aromatic heterocycles. The van der Waals surface area contributed by atoms with Crippen LogP contribution in [0.15, 0.2) is 84.7 Å². The number of allylic oxidation sites excluding steroid dienone is 2. The summed E-state index contributed by atoms with van der Waals surface area (Å²) in [5, 5.41) is 0. The molecule has 146 valence electrons. The molecule has 29 heavy (non-hydrogen) atoms. The molecule has 1 heterocycles. The molecule has 3 aromatic carbocycles. The van der Waals surface area contributed by atoms with Crippen LogP contribution in [0.5, 0.6) is 17.2 Å². The molecule has 1 saturated carbocycles. The van der Waals surface area contributed by atoms with Crippen LogP contribution in [0.2, 0.25) is 0 Å². The summed E-state index contributed by atoms with van der Waals surface area (Å²) in [6.45, 7) is 0.466. The van der Waals surface area contributed by atoms with Gasteiger partial charge in [0.1, 0.15) is 23.9 Å². The Kier molecular flexibility index (Phi) is 4.57. The Morgan fingerprint density at radius 3 is 2.62 bits per heavy atom. The van der Waals surface area contributed by atoms with Crippen LogP contribution in [0.3, 0.4) is 0 Å². The lowest BCUT2D eigenvalue weighted by molar-refractivity contribution is -0.194. The van der Waals surface area contributed by atoms with Gasteiger partial charge in [-0.1, -0.05) is 42.5 Å². The summed E-state index contributed by atoms with van der Waals surface area (Å²) in [5.74, 6) is 2.09. The van der Waals surface area contributed by atoms with Crippen molar-refractivity contribution in [1.82, 2.24) is 0 Å². The Labute approximate surface area is 169 Å². The van der Waals surface area contributed by atoms with E-state index in [-0.39, 0.29) is 17.7 Å². The average molecular weight is 388 g/mol. The first-order valence-electron chi connectivity index (χ1n) is 9.82. The molecular weight excluding hydrogens is 367 g/mol. The van der Waals surface area contributed by atoms with E-state index in [1.807, 2.05) is 66.7 Å². The van der Waals surface area contributed by atoms with Gasteiger partial charge in [0.15, 0.2) is 5.75 Å². The first-order chi connectivity index (χ1) is 14.2. The number of hydrogen-bond donors (Lipinski definition) is 0. The molecule has 0 saturated heterocycles. The molecular formula is C25H21FO3. The zero-order valence-electron chi connectivity index (χ0n) is 15.9. The smallest absolute Gasteiger partial charge is 0.171 e. The van der Waals surface area contributed by atoms with E-state index in [9.17, 15) is 4.39 Å². The van der Waals surface area contributed by atoms with Crippen LogP contribution in [0, 0.1) is 0 Å². The number of halogens is 1. The highest BCUT2D eigenvalue weighted by Crippen LogP contribution is 2.51.